The lowest BCUT2D eigenvalue weighted by Gasteiger charge is -2.15. The van der Waals surface area contributed by atoms with Gasteiger partial charge in [-0.3, -0.25) is 0 Å². The van der Waals surface area contributed by atoms with Gasteiger partial charge in [0.2, 0.25) is 0 Å². The van der Waals surface area contributed by atoms with E-state index in [2.05, 4.69) is 0 Å². The Bertz CT molecular complexity index is 325. The summed E-state index contributed by atoms with van der Waals surface area (Å²) in [6, 6.07) is 6.76. The van der Waals surface area contributed by atoms with Gasteiger partial charge in [0.25, 0.3) is 0 Å². The van der Waals surface area contributed by atoms with Gasteiger partial charge in [0, 0.05) is 11.3 Å². The van der Waals surface area contributed by atoms with E-state index < -0.39 is 12.3 Å². The number of halogens is 3. The van der Waals surface area contributed by atoms with Crippen molar-refractivity contribution in [3.8, 4) is 0 Å². The van der Waals surface area contributed by atoms with Crippen LogP contribution in [0.1, 0.15) is 5.56 Å². The highest BCUT2D eigenvalue weighted by atomic mass is 32.2. The molecular formula is C10H11F3OS. The maximum Gasteiger partial charge on any atom is 0.414 e. The van der Waals surface area contributed by atoms with Crippen LogP contribution in [0.15, 0.2) is 29.2 Å². The number of thioether (sulfide) groups is 1. The fourth-order valence-corrected chi connectivity index (χ4v) is 1.82. The van der Waals surface area contributed by atoms with Crippen LogP contribution >= 0.6 is 11.8 Å². The number of hydrogen-bond acceptors (Lipinski definition) is 2. The topological polar surface area (TPSA) is 20.2 Å². The highest BCUT2D eigenvalue weighted by molar-refractivity contribution is 7.98. The van der Waals surface area contributed by atoms with Crippen molar-refractivity contribution in [2.24, 2.45) is 0 Å². The van der Waals surface area contributed by atoms with Crippen molar-refractivity contribution in [1.29, 1.82) is 0 Å². The molecule has 0 saturated heterocycles. The van der Waals surface area contributed by atoms with Crippen molar-refractivity contribution in [2.75, 3.05) is 6.26 Å². The van der Waals surface area contributed by atoms with Crippen LogP contribution in [0.3, 0.4) is 0 Å². The van der Waals surface area contributed by atoms with Crippen LogP contribution < -0.4 is 0 Å². The molecule has 0 bridgehead atoms. The molecule has 15 heavy (non-hydrogen) atoms. The van der Waals surface area contributed by atoms with Gasteiger partial charge in [-0.15, -0.1) is 11.8 Å². The van der Waals surface area contributed by atoms with E-state index in [9.17, 15) is 13.2 Å². The summed E-state index contributed by atoms with van der Waals surface area (Å²) < 4.78 is 36.3. The SMILES string of the molecule is CSc1ccccc1CC(O)C(F)(F)F. The molecule has 1 rings (SSSR count). The maximum absolute atomic E-state index is 12.1. The summed E-state index contributed by atoms with van der Waals surface area (Å²) in [6.45, 7) is 0. The lowest BCUT2D eigenvalue weighted by atomic mass is 10.1. The lowest BCUT2D eigenvalue weighted by Crippen LogP contribution is -2.30. The fraction of sp³-hybridized carbons (Fsp3) is 0.400. The van der Waals surface area contributed by atoms with E-state index in [4.69, 9.17) is 5.11 Å². The summed E-state index contributed by atoms with van der Waals surface area (Å²) in [5, 5.41) is 8.92. The number of aliphatic hydroxyl groups is 1. The molecule has 0 saturated carbocycles. The van der Waals surface area contributed by atoms with E-state index in [1.165, 1.54) is 11.8 Å². The van der Waals surface area contributed by atoms with Gasteiger partial charge in [0.1, 0.15) is 0 Å². The molecule has 0 aliphatic heterocycles. The molecule has 1 N–H and O–H groups in total. The molecule has 0 fully saturated rings. The first kappa shape index (κ1) is 12.4. The number of alkyl halides is 3. The zero-order chi connectivity index (χ0) is 11.5. The zero-order valence-electron chi connectivity index (χ0n) is 8.08. The maximum atomic E-state index is 12.1. The van der Waals surface area contributed by atoms with Crippen LogP contribution in [-0.2, 0) is 6.42 Å². The van der Waals surface area contributed by atoms with Gasteiger partial charge in [-0.25, -0.2) is 0 Å². The minimum Gasteiger partial charge on any atom is -0.383 e. The van der Waals surface area contributed by atoms with Gasteiger partial charge in [-0.1, -0.05) is 18.2 Å². The number of benzene rings is 1. The van der Waals surface area contributed by atoms with E-state index in [-0.39, 0.29) is 6.42 Å². The molecule has 0 aromatic heterocycles. The van der Waals surface area contributed by atoms with E-state index in [1.807, 2.05) is 0 Å². The molecule has 1 unspecified atom stereocenters. The van der Waals surface area contributed by atoms with Crippen LogP contribution in [0.25, 0.3) is 0 Å². The highest BCUT2D eigenvalue weighted by Crippen LogP contribution is 2.27. The summed E-state index contributed by atoms with van der Waals surface area (Å²) in [6.07, 6.45) is -5.43. The molecule has 0 amide bonds. The molecule has 84 valence electrons. The standard InChI is InChI=1S/C10H11F3OS/c1-15-8-5-3-2-4-7(8)6-9(14)10(11,12)13/h2-5,9,14H,6H2,1H3. The van der Waals surface area contributed by atoms with Crippen molar-refractivity contribution in [1.82, 2.24) is 0 Å². The predicted octanol–water partition coefficient (Wildman–Crippen LogP) is 2.87. The molecule has 5 heteroatoms. The van der Waals surface area contributed by atoms with E-state index in [1.54, 1.807) is 30.5 Å². The molecule has 0 aliphatic rings. The third-order valence-electron chi connectivity index (χ3n) is 1.98. The average Bonchev–Trinajstić information content (AvgIpc) is 2.17. The average molecular weight is 236 g/mol. The molecule has 0 radical (unpaired) electrons. The van der Waals surface area contributed by atoms with Gasteiger partial charge >= 0.3 is 6.18 Å². The quantitative estimate of drug-likeness (QED) is 0.814. The lowest BCUT2D eigenvalue weighted by molar-refractivity contribution is -0.203. The Kier molecular flexibility index (Phi) is 4.04. The van der Waals surface area contributed by atoms with Gasteiger partial charge in [-0.2, -0.15) is 13.2 Å². The van der Waals surface area contributed by atoms with E-state index in [0.29, 0.717) is 5.56 Å². The van der Waals surface area contributed by atoms with Crippen LogP contribution in [0.4, 0.5) is 13.2 Å². The zero-order valence-corrected chi connectivity index (χ0v) is 8.90. The Hall–Kier alpha value is -0.680. The second kappa shape index (κ2) is 4.90. The third kappa shape index (κ3) is 3.43. The predicted molar refractivity (Wildman–Crippen MR) is 54.0 cm³/mol. The summed E-state index contributed by atoms with van der Waals surface area (Å²) in [4.78, 5) is 0.765. The van der Waals surface area contributed by atoms with Gasteiger partial charge in [0.15, 0.2) is 6.10 Å². The summed E-state index contributed by atoms with van der Waals surface area (Å²) in [5.41, 5.74) is 0.523. The van der Waals surface area contributed by atoms with Gasteiger partial charge in [0.05, 0.1) is 0 Å². The van der Waals surface area contributed by atoms with Crippen LogP contribution in [0.2, 0.25) is 0 Å². The summed E-state index contributed by atoms with van der Waals surface area (Å²) in [5.74, 6) is 0. The first-order valence-electron chi connectivity index (χ1n) is 4.32. The van der Waals surface area contributed by atoms with Crippen molar-refractivity contribution in [2.45, 2.75) is 23.6 Å². The first-order valence-corrected chi connectivity index (χ1v) is 5.54. The van der Waals surface area contributed by atoms with Crippen molar-refractivity contribution < 1.29 is 18.3 Å². The van der Waals surface area contributed by atoms with Crippen LogP contribution in [-0.4, -0.2) is 23.6 Å². The largest absolute Gasteiger partial charge is 0.414 e. The second-order valence-corrected chi connectivity index (χ2v) is 3.92. The van der Waals surface area contributed by atoms with E-state index in [0.717, 1.165) is 4.90 Å². The minimum absolute atomic E-state index is 0.388. The highest BCUT2D eigenvalue weighted by Gasteiger charge is 2.38. The smallest absolute Gasteiger partial charge is 0.383 e. The Balaban J connectivity index is 2.80. The summed E-state index contributed by atoms with van der Waals surface area (Å²) >= 11 is 1.37. The van der Waals surface area contributed by atoms with Gasteiger partial charge < -0.3 is 5.11 Å². The molecule has 1 aromatic rings. The van der Waals surface area contributed by atoms with Gasteiger partial charge in [-0.05, 0) is 17.9 Å². The molecule has 0 heterocycles. The fourth-order valence-electron chi connectivity index (χ4n) is 1.20. The Morgan fingerprint density at radius 3 is 2.47 bits per heavy atom. The minimum atomic E-state index is -4.55. The molecule has 1 aromatic carbocycles. The van der Waals surface area contributed by atoms with Crippen LogP contribution in [0, 0.1) is 0 Å². The normalized spacial score (nSPS) is 13.9. The summed E-state index contributed by atoms with van der Waals surface area (Å²) in [7, 11) is 0. The molecule has 0 aliphatic carbocycles. The van der Waals surface area contributed by atoms with E-state index >= 15 is 0 Å². The van der Waals surface area contributed by atoms with Crippen molar-refractivity contribution in [3.05, 3.63) is 29.8 Å². The monoisotopic (exact) mass is 236 g/mol. The van der Waals surface area contributed by atoms with Crippen molar-refractivity contribution >= 4 is 11.8 Å². The second-order valence-electron chi connectivity index (χ2n) is 3.07. The number of aliphatic hydroxyl groups excluding tert-OH is 1. The number of rotatable bonds is 3. The Labute approximate surface area is 90.3 Å². The number of hydrogen-bond donors (Lipinski definition) is 1. The third-order valence-corrected chi connectivity index (χ3v) is 2.82. The molecule has 1 nitrogen and oxygen atoms in total. The molecule has 1 atom stereocenters. The first-order chi connectivity index (χ1) is 6.95. The molecule has 0 spiro atoms. The Morgan fingerprint density at radius 1 is 1.33 bits per heavy atom. The Morgan fingerprint density at radius 2 is 1.93 bits per heavy atom. The van der Waals surface area contributed by atoms with Crippen LogP contribution in [0.5, 0.6) is 0 Å². The van der Waals surface area contributed by atoms with Crippen molar-refractivity contribution in [3.63, 3.8) is 0 Å². The molecular weight excluding hydrogens is 225 g/mol.